The molecule has 0 bridgehead atoms. The number of hydrogen-bond donors (Lipinski definition) is 3. The maximum absolute atomic E-state index is 11.7. The van der Waals surface area contributed by atoms with Gasteiger partial charge < -0.3 is 20.5 Å². The molecule has 0 spiro atoms. The van der Waals surface area contributed by atoms with Gasteiger partial charge in [0, 0.05) is 16.6 Å². The van der Waals surface area contributed by atoms with E-state index >= 15 is 0 Å². The van der Waals surface area contributed by atoms with E-state index in [1.54, 1.807) is 6.08 Å². The number of carbonyl (C=O) groups is 2. The third-order valence-electron chi connectivity index (χ3n) is 2.75. The number of hydrogen-bond acceptors (Lipinski definition) is 6. The smallest absolute Gasteiger partial charge is 0.490 e. The predicted octanol–water partition coefficient (Wildman–Crippen LogP) is 3.17. The molecule has 0 atom stereocenters. The molecule has 0 aliphatic carbocycles. The molecule has 12 heteroatoms. The zero-order valence-electron chi connectivity index (χ0n) is 13.7. The first-order valence-corrected chi connectivity index (χ1v) is 9.18. The molecule has 0 radical (unpaired) electrons. The Hall–Kier alpha value is -1.63. The summed E-state index contributed by atoms with van der Waals surface area (Å²) in [6, 6.07) is 5.70. The zero-order chi connectivity index (χ0) is 20.6. The van der Waals surface area contributed by atoms with Crippen LogP contribution < -0.4 is 15.4 Å². The number of amides is 1. The minimum absolute atomic E-state index is 0.166. The van der Waals surface area contributed by atoms with E-state index in [1.807, 2.05) is 25.2 Å². The van der Waals surface area contributed by atoms with Crippen molar-refractivity contribution in [2.45, 2.75) is 6.18 Å². The van der Waals surface area contributed by atoms with Crippen molar-refractivity contribution in [2.75, 3.05) is 20.2 Å². The molecule has 0 saturated carbocycles. The summed E-state index contributed by atoms with van der Waals surface area (Å²) in [6.07, 6.45) is -3.29. The number of thiocarbonyl (C=S) groups is 1. The van der Waals surface area contributed by atoms with Gasteiger partial charge in [-0.25, -0.2) is 4.79 Å². The van der Waals surface area contributed by atoms with Crippen LogP contribution in [0.4, 0.5) is 13.2 Å². The second-order valence-electron chi connectivity index (χ2n) is 4.79. The molecular formula is C15H14BrF3N2O4S2. The van der Waals surface area contributed by atoms with Crippen LogP contribution in [-0.4, -0.2) is 47.7 Å². The first-order valence-electron chi connectivity index (χ1n) is 7.16. The van der Waals surface area contributed by atoms with Crippen molar-refractivity contribution in [1.29, 1.82) is 0 Å². The Morgan fingerprint density at radius 2 is 2.11 bits per heavy atom. The van der Waals surface area contributed by atoms with Crippen molar-refractivity contribution in [3.8, 4) is 5.75 Å². The molecule has 1 aliphatic rings. The number of carboxylic acid groups (broad SMARTS) is 1. The predicted molar refractivity (Wildman–Crippen MR) is 104 cm³/mol. The Morgan fingerprint density at radius 1 is 1.48 bits per heavy atom. The number of benzene rings is 1. The quantitative estimate of drug-likeness (QED) is 0.334. The summed E-state index contributed by atoms with van der Waals surface area (Å²) in [7, 11) is 1.87. The van der Waals surface area contributed by atoms with Crippen molar-refractivity contribution < 1.29 is 32.6 Å². The topological polar surface area (TPSA) is 87.7 Å². The van der Waals surface area contributed by atoms with Gasteiger partial charge in [-0.1, -0.05) is 39.9 Å². The first kappa shape index (κ1) is 23.4. The second kappa shape index (κ2) is 10.6. The Morgan fingerprint density at radius 3 is 2.59 bits per heavy atom. The maximum atomic E-state index is 11.7. The maximum Gasteiger partial charge on any atom is 0.490 e. The van der Waals surface area contributed by atoms with Gasteiger partial charge in [0.1, 0.15) is 16.7 Å². The van der Waals surface area contributed by atoms with Crippen LogP contribution in [0.15, 0.2) is 27.6 Å². The fourth-order valence-electron chi connectivity index (χ4n) is 1.59. The van der Waals surface area contributed by atoms with E-state index in [0.717, 1.165) is 22.3 Å². The van der Waals surface area contributed by atoms with Gasteiger partial charge in [0.25, 0.3) is 5.91 Å². The number of alkyl halides is 3. The lowest BCUT2D eigenvalue weighted by Gasteiger charge is -2.09. The highest BCUT2D eigenvalue weighted by molar-refractivity contribution is 9.10. The molecular weight excluding hydrogens is 473 g/mol. The van der Waals surface area contributed by atoms with Crippen LogP contribution in [-0.2, 0) is 9.59 Å². The van der Waals surface area contributed by atoms with Crippen LogP contribution in [0.2, 0.25) is 0 Å². The lowest BCUT2D eigenvalue weighted by Crippen LogP contribution is -2.21. The van der Waals surface area contributed by atoms with Crippen LogP contribution in [0.3, 0.4) is 0 Å². The summed E-state index contributed by atoms with van der Waals surface area (Å²) < 4.78 is 38.8. The molecule has 0 unspecified atom stereocenters. The van der Waals surface area contributed by atoms with Gasteiger partial charge in [-0.3, -0.25) is 4.79 Å². The molecule has 3 N–H and O–H groups in total. The highest BCUT2D eigenvalue weighted by Gasteiger charge is 2.38. The fraction of sp³-hybridized carbons (Fsp3) is 0.267. The monoisotopic (exact) mass is 486 g/mol. The van der Waals surface area contributed by atoms with Crippen molar-refractivity contribution in [1.82, 2.24) is 10.6 Å². The molecule has 1 fully saturated rings. The number of ether oxygens (including phenoxy) is 1. The highest BCUT2D eigenvalue weighted by atomic mass is 79.9. The van der Waals surface area contributed by atoms with E-state index in [1.165, 1.54) is 11.8 Å². The number of carbonyl (C=O) groups excluding carboxylic acids is 1. The summed E-state index contributed by atoms with van der Waals surface area (Å²) in [6.45, 7) is 1.32. The summed E-state index contributed by atoms with van der Waals surface area (Å²) in [5, 5.41) is 12.7. The molecule has 27 heavy (non-hydrogen) atoms. The van der Waals surface area contributed by atoms with Crippen LogP contribution in [0.5, 0.6) is 5.75 Å². The third-order valence-corrected chi connectivity index (χ3v) is 4.41. The van der Waals surface area contributed by atoms with Crippen LogP contribution in [0, 0.1) is 0 Å². The van der Waals surface area contributed by atoms with Gasteiger partial charge >= 0.3 is 12.1 Å². The molecule has 2 rings (SSSR count). The van der Waals surface area contributed by atoms with Crippen molar-refractivity contribution in [3.05, 3.63) is 33.1 Å². The van der Waals surface area contributed by atoms with Gasteiger partial charge in [-0.2, -0.15) is 13.2 Å². The zero-order valence-corrected chi connectivity index (χ0v) is 16.9. The van der Waals surface area contributed by atoms with Crippen LogP contribution in [0.1, 0.15) is 5.56 Å². The van der Waals surface area contributed by atoms with E-state index < -0.39 is 12.1 Å². The van der Waals surface area contributed by atoms with Gasteiger partial charge in [0.15, 0.2) is 0 Å². The number of nitrogens with one attached hydrogen (secondary N) is 2. The van der Waals surface area contributed by atoms with Crippen LogP contribution >= 0.6 is 39.9 Å². The number of carboxylic acids is 1. The van der Waals surface area contributed by atoms with E-state index in [-0.39, 0.29) is 5.91 Å². The van der Waals surface area contributed by atoms with Crippen molar-refractivity contribution in [2.24, 2.45) is 0 Å². The van der Waals surface area contributed by atoms with Crippen molar-refractivity contribution in [3.63, 3.8) is 0 Å². The molecule has 1 aliphatic heterocycles. The molecule has 1 heterocycles. The number of likely N-dealkylation sites (N-methyl/N-ethyl adjacent to an activating group) is 1. The average Bonchev–Trinajstić information content (AvgIpc) is 2.87. The molecule has 0 aromatic heterocycles. The van der Waals surface area contributed by atoms with Gasteiger partial charge in [-0.05, 0) is 31.3 Å². The number of thioether (sulfide) groups is 1. The van der Waals surface area contributed by atoms with Crippen LogP contribution in [0.25, 0.3) is 6.08 Å². The molecule has 1 amide bonds. The Kier molecular flexibility index (Phi) is 9.22. The Bertz CT molecular complexity index is 757. The normalized spacial score (nSPS) is 15.2. The fourth-order valence-corrected chi connectivity index (χ4v) is 3.00. The summed E-state index contributed by atoms with van der Waals surface area (Å²) in [5.41, 5.74) is 0.845. The lowest BCUT2D eigenvalue weighted by molar-refractivity contribution is -0.192. The van der Waals surface area contributed by atoms with Gasteiger partial charge in [0.05, 0.1) is 4.91 Å². The largest absolute Gasteiger partial charge is 0.492 e. The molecule has 1 aromatic rings. The molecule has 1 aromatic carbocycles. The molecule has 148 valence electrons. The minimum atomic E-state index is -5.08. The van der Waals surface area contributed by atoms with E-state index in [4.69, 9.17) is 26.9 Å². The first-order chi connectivity index (χ1) is 12.5. The minimum Gasteiger partial charge on any atom is -0.492 e. The Labute approximate surface area is 170 Å². The Balaban J connectivity index is 0.000000445. The standard InChI is InChI=1S/C13H13BrN2O2S2.C2HF3O2/c1-15-4-5-18-10-3-2-9(14)6-8(10)7-11-12(17)16-13(19)20-11;3-2(4,5)1(6)7/h2-3,6-7,15H,4-5H2,1H3,(H,16,17,19);(H,6,7)/b11-7-;. The number of aliphatic carboxylic acids is 1. The molecule has 1 saturated heterocycles. The van der Waals surface area contributed by atoms with Gasteiger partial charge in [-0.15, -0.1) is 0 Å². The third kappa shape index (κ3) is 8.28. The van der Waals surface area contributed by atoms with E-state index in [9.17, 15) is 18.0 Å². The number of rotatable bonds is 5. The lowest BCUT2D eigenvalue weighted by atomic mass is 10.2. The summed E-state index contributed by atoms with van der Waals surface area (Å²) in [5.74, 6) is -2.18. The highest BCUT2D eigenvalue weighted by Crippen LogP contribution is 2.31. The summed E-state index contributed by atoms with van der Waals surface area (Å²) in [4.78, 5) is 21.2. The van der Waals surface area contributed by atoms with E-state index in [0.29, 0.717) is 15.8 Å². The average molecular weight is 487 g/mol. The van der Waals surface area contributed by atoms with Crippen molar-refractivity contribution >= 4 is 62.2 Å². The second-order valence-corrected chi connectivity index (χ2v) is 7.42. The molecule has 6 nitrogen and oxygen atoms in total. The number of halogens is 4. The van der Waals surface area contributed by atoms with E-state index in [2.05, 4.69) is 26.6 Å². The van der Waals surface area contributed by atoms with Gasteiger partial charge in [0.2, 0.25) is 0 Å². The SMILES string of the molecule is CNCCOc1ccc(Br)cc1/C=C1\SC(=S)NC1=O.O=C(O)C(F)(F)F. The summed E-state index contributed by atoms with van der Waals surface area (Å²) >= 11 is 9.66.